The number of carbonyl (C=O) groups excluding carboxylic acids is 1. The quantitative estimate of drug-likeness (QED) is 0.896. The summed E-state index contributed by atoms with van der Waals surface area (Å²) in [5.41, 5.74) is 0.317. The number of carbonyl (C=O) groups is 2. The minimum absolute atomic E-state index is 0.317. The Kier molecular flexibility index (Phi) is 4.96. The van der Waals surface area contributed by atoms with Gasteiger partial charge in [-0.1, -0.05) is 18.5 Å². The average Bonchev–Trinajstić information content (AvgIpc) is 2.28. The van der Waals surface area contributed by atoms with Crippen LogP contribution in [-0.2, 0) is 4.79 Å². The summed E-state index contributed by atoms with van der Waals surface area (Å²) < 4.78 is 0.569. The molecule has 1 aromatic carbocycles. The molecule has 0 saturated heterocycles. The number of amides is 1. The van der Waals surface area contributed by atoms with Crippen LogP contribution in [0.5, 0.6) is 0 Å². The molecule has 6 heteroatoms. The van der Waals surface area contributed by atoms with Crippen molar-refractivity contribution in [3.8, 4) is 0 Å². The van der Waals surface area contributed by atoms with Crippen molar-refractivity contribution in [3.63, 3.8) is 0 Å². The lowest BCUT2D eigenvalue weighted by molar-refractivity contribution is -0.139. The van der Waals surface area contributed by atoms with E-state index in [0.717, 1.165) is 0 Å². The van der Waals surface area contributed by atoms with Gasteiger partial charge < -0.3 is 10.4 Å². The minimum Gasteiger partial charge on any atom is -0.480 e. The average molecular weight is 321 g/mol. The molecule has 0 aromatic heterocycles. The van der Waals surface area contributed by atoms with E-state index in [2.05, 4.69) is 21.2 Å². The predicted molar refractivity (Wildman–Crippen MR) is 68.3 cm³/mol. The highest BCUT2D eigenvalue weighted by atomic mass is 79.9. The van der Waals surface area contributed by atoms with Crippen LogP contribution in [-0.4, -0.2) is 23.0 Å². The lowest BCUT2D eigenvalue weighted by atomic mass is 10.1. The second-order valence-corrected chi connectivity index (χ2v) is 4.69. The third kappa shape index (κ3) is 3.71. The molecule has 92 valence electrons. The van der Waals surface area contributed by atoms with Gasteiger partial charge in [-0.2, -0.15) is 0 Å². The smallest absolute Gasteiger partial charge is 0.326 e. The van der Waals surface area contributed by atoms with Crippen molar-refractivity contribution < 1.29 is 14.7 Å². The van der Waals surface area contributed by atoms with Crippen LogP contribution in [0.3, 0.4) is 0 Å². The van der Waals surface area contributed by atoms with Gasteiger partial charge in [0.05, 0.1) is 5.56 Å². The Labute approximate surface area is 112 Å². The summed E-state index contributed by atoms with van der Waals surface area (Å²) in [6.45, 7) is 1.69. The molecule has 1 rings (SSSR count). The lowest BCUT2D eigenvalue weighted by Gasteiger charge is -2.13. The third-order valence-corrected chi connectivity index (χ3v) is 3.11. The summed E-state index contributed by atoms with van der Waals surface area (Å²) in [6.07, 6.45) is 0.319. The van der Waals surface area contributed by atoms with Crippen molar-refractivity contribution >= 4 is 39.4 Å². The number of halogens is 2. The first-order valence-corrected chi connectivity index (χ1v) is 6.11. The third-order valence-electron chi connectivity index (χ3n) is 2.18. The molecular weight excluding hydrogens is 309 g/mol. The van der Waals surface area contributed by atoms with Crippen LogP contribution in [0.4, 0.5) is 0 Å². The van der Waals surface area contributed by atoms with E-state index < -0.39 is 17.9 Å². The molecule has 0 fully saturated rings. The summed E-state index contributed by atoms with van der Waals surface area (Å²) in [7, 11) is 0. The van der Waals surface area contributed by atoms with Gasteiger partial charge in [0.15, 0.2) is 0 Å². The van der Waals surface area contributed by atoms with Gasteiger partial charge in [-0.3, -0.25) is 4.79 Å². The first kappa shape index (κ1) is 14.0. The maximum absolute atomic E-state index is 11.8. The number of benzene rings is 1. The number of nitrogens with one attached hydrogen (secondary N) is 1. The molecule has 0 bridgehead atoms. The molecule has 0 aliphatic carbocycles. The van der Waals surface area contributed by atoms with Crippen LogP contribution >= 0.6 is 27.5 Å². The SMILES string of the molecule is CCC(NC(=O)c1cc(Cl)ccc1Br)C(=O)O. The van der Waals surface area contributed by atoms with Gasteiger partial charge in [0, 0.05) is 9.50 Å². The molecule has 17 heavy (non-hydrogen) atoms. The molecule has 1 amide bonds. The summed E-state index contributed by atoms with van der Waals surface area (Å²) >= 11 is 8.99. The first-order chi connectivity index (χ1) is 7.95. The predicted octanol–water partition coefficient (Wildman–Crippen LogP) is 2.70. The highest BCUT2D eigenvalue weighted by molar-refractivity contribution is 9.10. The number of rotatable bonds is 4. The summed E-state index contributed by atoms with van der Waals surface area (Å²) in [5, 5.41) is 11.7. The van der Waals surface area contributed by atoms with E-state index in [1.165, 1.54) is 6.07 Å². The van der Waals surface area contributed by atoms with Crippen molar-refractivity contribution in [2.45, 2.75) is 19.4 Å². The Morgan fingerprint density at radius 1 is 1.53 bits per heavy atom. The number of hydrogen-bond donors (Lipinski definition) is 2. The highest BCUT2D eigenvalue weighted by Gasteiger charge is 2.19. The van der Waals surface area contributed by atoms with E-state index >= 15 is 0 Å². The van der Waals surface area contributed by atoms with E-state index in [4.69, 9.17) is 16.7 Å². The monoisotopic (exact) mass is 319 g/mol. The summed E-state index contributed by atoms with van der Waals surface area (Å²) in [6, 6.07) is 3.86. The standard InChI is InChI=1S/C11H11BrClNO3/c1-2-9(11(16)17)14-10(15)7-5-6(13)3-4-8(7)12/h3-5,9H,2H2,1H3,(H,14,15)(H,16,17). The van der Waals surface area contributed by atoms with E-state index in [0.29, 0.717) is 21.5 Å². The zero-order valence-corrected chi connectivity index (χ0v) is 11.4. The Bertz CT molecular complexity index is 450. The zero-order valence-electron chi connectivity index (χ0n) is 9.04. The second-order valence-electron chi connectivity index (χ2n) is 3.40. The Balaban J connectivity index is 2.89. The molecule has 1 unspecified atom stereocenters. The van der Waals surface area contributed by atoms with Gasteiger partial charge in [0.2, 0.25) is 0 Å². The van der Waals surface area contributed by atoms with E-state index in [1.807, 2.05) is 0 Å². The fourth-order valence-corrected chi connectivity index (χ4v) is 1.84. The molecule has 1 aromatic rings. The number of carboxylic acid groups (broad SMARTS) is 1. The molecule has 2 N–H and O–H groups in total. The van der Waals surface area contributed by atoms with Gasteiger partial charge in [0.25, 0.3) is 5.91 Å². The Morgan fingerprint density at radius 3 is 2.71 bits per heavy atom. The maximum atomic E-state index is 11.8. The van der Waals surface area contributed by atoms with Crippen LogP contribution < -0.4 is 5.32 Å². The topological polar surface area (TPSA) is 66.4 Å². The lowest BCUT2D eigenvalue weighted by Crippen LogP contribution is -2.40. The number of aliphatic carboxylic acids is 1. The summed E-state index contributed by atoms with van der Waals surface area (Å²) in [5.74, 6) is -1.52. The van der Waals surface area contributed by atoms with Crippen LogP contribution in [0.1, 0.15) is 23.7 Å². The minimum atomic E-state index is -1.06. The molecule has 1 atom stereocenters. The van der Waals surface area contributed by atoms with Gasteiger partial charge >= 0.3 is 5.97 Å². The number of carboxylic acids is 1. The Morgan fingerprint density at radius 2 is 2.18 bits per heavy atom. The molecule has 4 nitrogen and oxygen atoms in total. The molecule has 0 radical (unpaired) electrons. The fraction of sp³-hybridized carbons (Fsp3) is 0.273. The molecule has 0 spiro atoms. The van der Waals surface area contributed by atoms with Crippen molar-refractivity contribution in [1.82, 2.24) is 5.32 Å². The van der Waals surface area contributed by atoms with E-state index in [-0.39, 0.29) is 0 Å². The molecule has 0 heterocycles. The summed E-state index contributed by atoms with van der Waals surface area (Å²) in [4.78, 5) is 22.6. The molecule has 0 aliphatic heterocycles. The van der Waals surface area contributed by atoms with Crippen LogP contribution in [0.25, 0.3) is 0 Å². The fourth-order valence-electron chi connectivity index (χ4n) is 1.25. The maximum Gasteiger partial charge on any atom is 0.326 e. The normalized spacial score (nSPS) is 11.9. The largest absolute Gasteiger partial charge is 0.480 e. The first-order valence-electron chi connectivity index (χ1n) is 4.94. The van der Waals surface area contributed by atoms with Crippen molar-refractivity contribution in [3.05, 3.63) is 33.3 Å². The molecule has 0 saturated carbocycles. The van der Waals surface area contributed by atoms with Crippen molar-refractivity contribution in [1.29, 1.82) is 0 Å². The van der Waals surface area contributed by atoms with Crippen LogP contribution in [0.2, 0.25) is 5.02 Å². The zero-order chi connectivity index (χ0) is 13.0. The van der Waals surface area contributed by atoms with Crippen molar-refractivity contribution in [2.75, 3.05) is 0 Å². The molecular formula is C11H11BrClNO3. The van der Waals surface area contributed by atoms with Gasteiger partial charge in [-0.25, -0.2) is 4.79 Å². The Hall–Kier alpha value is -1.07. The van der Waals surface area contributed by atoms with E-state index in [9.17, 15) is 9.59 Å². The van der Waals surface area contributed by atoms with Gasteiger partial charge in [0.1, 0.15) is 6.04 Å². The van der Waals surface area contributed by atoms with E-state index in [1.54, 1.807) is 19.1 Å². The molecule has 0 aliphatic rings. The second kappa shape index (κ2) is 6.02. The van der Waals surface area contributed by atoms with Crippen LogP contribution in [0.15, 0.2) is 22.7 Å². The van der Waals surface area contributed by atoms with Crippen LogP contribution in [0, 0.1) is 0 Å². The van der Waals surface area contributed by atoms with Gasteiger partial charge in [-0.05, 0) is 40.5 Å². The highest BCUT2D eigenvalue weighted by Crippen LogP contribution is 2.21. The van der Waals surface area contributed by atoms with Crippen molar-refractivity contribution in [2.24, 2.45) is 0 Å². The van der Waals surface area contributed by atoms with Gasteiger partial charge in [-0.15, -0.1) is 0 Å². The number of hydrogen-bond acceptors (Lipinski definition) is 2.